The summed E-state index contributed by atoms with van der Waals surface area (Å²) in [6, 6.07) is 17.3. The van der Waals surface area contributed by atoms with E-state index in [0.717, 1.165) is 22.4 Å². The lowest BCUT2D eigenvalue weighted by molar-refractivity contribution is 0.0600. The molecule has 3 rings (SSSR count). The number of hydrogen-bond donors (Lipinski definition) is 1. The normalized spacial score (nSPS) is 12.7. The standard InChI is InChI=1S/C34H41ClN2O6Si/c1-34(2,3)44(6,7)43-31(27-18-21-30(35)36-22-27)29(37-33(39)42-23-25-14-19-28(40-4)20-15-25)11-9-8-10-24-12-16-26(17-13-24)32(38)41-5/h12-22,29,31H,9,11,23H2,1-7H3,(H,37,39)/t29-,31-/m1/s1. The van der Waals surface area contributed by atoms with Crippen LogP contribution in [0.25, 0.3) is 0 Å². The van der Waals surface area contributed by atoms with E-state index < -0.39 is 32.5 Å². The average molecular weight is 637 g/mol. The molecule has 0 aliphatic rings. The van der Waals surface area contributed by atoms with Crippen LogP contribution >= 0.6 is 11.6 Å². The molecule has 0 fully saturated rings. The first-order valence-corrected chi connectivity index (χ1v) is 17.6. The van der Waals surface area contributed by atoms with Crippen molar-refractivity contribution in [3.63, 3.8) is 0 Å². The number of hydrogen-bond acceptors (Lipinski definition) is 7. The summed E-state index contributed by atoms with van der Waals surface area (Å²) < 4.78 is 22.5. The van der Waals surface area contributed by atoms with Crippen molar-refractivity contribution in [1.82, 2.24) is 10.3 Å². The van der Waals surface area contributed by atoms with Gasteiger partial charge in [0.25, 0.3) is 0 Å². The second kappa shape index (κ2) is 15.8. The van der Waals surface area contributed by atoms with Crippen LogP contribution in [0.5, 0.6) is 5.75 Å². The molecule has 0 aliphatic heterocycles. The highest BCUT2D eigenvalue weighted by molar-refractivity contribution is 6.74. The maximum absolute atomic E-state index is 13.2. The Morgan fingerprint density at radius 2 is 1.68 bits per heavy atom. The van der Waals surface area contributed by atoms with Crippen molar-refractivity contribution < 1.29 is 28.2 Å². The number of amides is 1. The fourth-order valence-corrected chi connectivity index (χ4v) is 5.40. The molecule has 3 aromatic rings. The molecule has 1 heterocycles. The number of ether oxygens (including phenoxy) is 3. The third kappa shape index (κ3) is 10.1. The average Bonchev–Trinajstić information content (AvgIpc) is 3.00. The van der Waals surface area contributed by atoms with Gasteiger partial charge in [-0.3, -0.25) is 0 Å². The Morgan fingerprint density at radius 1 is 1.00 bits per heavy atom. The minimum absolute atomic E-state index is 0.0826. The van der Waals surface area contributed by atoms with Gasteiger partial charge < -0.3 is 24.0 Å². The molecule has 0 saturated heterocycles. The number of nitrogens with one attached hydrogen (secondary N) is 1. The zero-order valence-electron chi connectivity index (χ0n) is 26.4. The molecular weight excluding hydrogens is 596 g/mol. The van der Waals surface area contributed by atoms with Gasteiger partial charge in [0.1, 0.15) is 17.5 Å². The van der Waals surface area contributed by atoms with Crippen LogP contribution in [0.3, 0.4) is 0 Å². The van der Waals surface area contributed by atoms with Crippen molar-refractivity contribution in [3.8, 4) is 17.6 Å². The molecular formula is C34H41ClN2O6Si. The molecule has 2 atom stereocenters. The van der Waals surface area contributed by atoms with Gasteiger partial charge in [-0.15, -0.1) is 0 Å². The number of alkyl carbamates (subject to hydrolysis) is 1. The fourth-order valence-electron chi connectivity index (χ4n) is 3.99. The van der Waals surface area contributed by atoms with Crippen LogP contribution in [0.15, 0.2) is 66.9 Å². The lowest BCUT2D eigenvalue weighted by Crippen LogP contribution is -2.48. The van der Waals surface area contributed by atoms with E-state index >= 15 is 0 Å². The molecule has 0 saturated carbocycles. The Balaban J connectivity index is 1.85. The van der Waals surface area contributed by atoms with E-state index in [1.54, 1.807) is 43.6 Å². The van der Waals surface area contributed by atoms with Crippen molar-refractivity contribution in [2.75, 3.05) is 14.2 Å². The summed E-state index contributed by atoms with van der Waals surface area (Å²) >= 11 is 6.12. The number of pyridine rings is 1. The molecule has 10 heteroatoms. The summed E-state index contributed by atoms with van der Waals surface area (Å²) in [7, 11) is 0.630. The minimum atomic E-state index is -2.32. The number of nitrogens with zero attached hydrogens (tertiary/aromatic N) is 1. The van der Waals surface area contributed by atoms with Crippen molar-refractivity contribution in [2.24, 2.45) is 0 Å². The van der Waals surface area contributed by atoms with Crippen molar-refractivity contribution in [3.05, 3.63) is 94.3 Å². The smallest absolute Gasteiger partial charge is 0.407 e. The quantitative estimate of drug-likeness (QED) is 0.0996. The van der Waals surface area contributed by atoms with Gasteiger partial charge in [-0.2, -0.15) is 0 Å². The number of rotatable bonds is 11. The number of methoxy groups -OCH3 is 2. The van der Waals surface area contributed by atoms with E-state index in [1.807, 2.05) is 30.3 Å². The van der Waals surface area contributed by atoms with Gasteiger partial charge in [0.2, 0.25) is 0 Å². The van der Waals surface area contributed by atoms with Gasteiger partial charge >= 0.3 is 12.1 Å². The van der Waals surface area contributed by atoms with Crippen molar-refractivity contribution in [1.29, 1.82) is 0 Å². The van der Waals surface area contributed by atoms with Gasteiger partial charge in [0.15, 0.2) is 8.32 Å². The van der Waals surface area contributed by atoms with Crippen molar-refractivity contribution in [2.45, 2.75) is 70.5 Å². The highest BCUT2D eigenvalue weighted by Crippen LogP contribution is 2.41. The van der Waals surface area contributed by atoms with Gasteiger partial charge in [-0.1, -0.05) is 62.4 Å². The maximum Gasteiger partial charge on any atom is 0.407 e. The maximum atomic E-state index is 13.2. The predicted molar refractivity (Wildman–Crippen MR) is 174 cm³/mol. The second-order valence-electron chi connectivity index (χ2n) is 11.8. The summed E-state index contributed by atoms with van der Waals surface area (Å²) in [6.07, 6.45) is 1.54. The Labute approximate surface area is 266 Å². The molecule has 8 nitrogen and oxygen atoms in total. The fraction of sp³-hybridized carbons (Fsp3) is 0.382. The van der Waals surface area contributed by atoms with E-state index in [4.69, 9.17) is 30.2 Å². The Morgan fingerprint density at radius 3 is 2.25 bits per heavy atom. The summed E-state index contributed by atoms with van der Waals surface area (Å²) in [6.45, 7) is 10.9. The second-order valence-corrected chi connectivity index (χ2v) is 16.9. The van der Waals surface area contributed by atoms with Crippen molar-refractivity contribution >= 4 is 32.0 Å². The van der Waals surface area contributed by atoms with Gasteiger partial charge in [-0.05, 0) is 72.6 Å². The first kappa shape index (κ1) is 34.6. The molecule has 1 N–H and O–H groups in total. The molecule has 44 heavy (non-hydrogen) atoms. The SMILES string of the molecule is COC(=O)c1ccc(C#CCC[C@@H](NC(=O)OCc2ccc(OC)cc2)[C@H](O[Si](C)(C)C(C)(C)C)c2ccc(Cl)nc2)cc1. The Hall–Kier alpha value is -3.84. The van der Waals surface area contributed by atoms with Crippen LogP contribution in [0.1, 0.15) is 66.8 Å². The molecule has 1 aromatic heterocycles. The molecule has 234 valence electrons. The highest BCUT2D eigenvalue weighted by atomic mass is 35.5. The van der Waals surface area contributed by atoms with Crippen LogP contribution in [0.4, 0.5) is 4.79 Å². The van der Waals surface area contributed by atoms with E-state index in [9.17, 15) is 9.59 Å². The van der Waals surface area contributed by atoms with E-state index in [1.165, 1.54) is 7.11 Å². The van der Waals surface area contributed by atoms with Crippen LogP contribution in [0.2, 0.25) is 23.3 Å². The van der Waals surface area contributed by atoms with Crippen LogP contribution in [-0.4, -0.2) is 45.6 Å². The number of esters is 1. The zero-order chi connectivity index (χ0) is 32.3. The monoisotopic (exact) mass is 636 g/mol. The molecule has 2 aromatic carbocycles. The number of benzene rings is 2. The van der Waals surface area contributed by atoms with Gasteiger partial charge in [0.05, 0.1) is 31.9 Å². The first-order chi connectivity index (χ1) is 20.8. The van der Waals surface area contributed by atoms with Crippen LogP contribution in [-0.2, 0) is 20.5 Å². The lowest BCUT2D eigenvalue weighted by atomic mass is 9.99. The Kier molecular flexibility index (Phi) is 12.4. The first-order valence-electron chi connectivity index (χ1n) is 14.4. The number of carbonyl (C=O) groups excluding carboxylic acids is 2. The third-order valence-corrected chi connectivity index (χ3v) is 12.3. The molecule has 0 aliphatic carbocycles. The van der Waals surface area contributed by atoms with Gasteiger partial charge in [0, 0.05) is 23.7 Å². The van der Waals surface area contributed by atoms with Crippen LogP contribution < -0.4 is 10.1 Å². The minimum Gasteiger partial charge on any atom is -0.497 e. The topological polar surface area (TPSA) is 96.0 Å². The molecule has 0 radical (unpaired) electrons. The molecule has 1 amide bonds. The zero-order valence-corrected chi connectivity index (χ0v) is 28.2. The molecule has 0 unspecified atom stereocenters. The summed E-state index contributed by atoms with van der Waals surface area (Å²) in [5.74, 6) is 6.65. The summed E-state index contributed by atoms with van der Waals surface area (Å²) in [4.78, 5) is 29.2. The molecule has 0 spiro atoms. The summed E-state index contributed by atoms with van der Waals surface area (Å²) in [5, 5.41) is 3.34. The van der Waals surface area contributed by atoms with E-state index in [2.05, 4.69) is 56.0 Å². The van der Waals surface area contributed by atoms with Gasteiger partial charge in [-0.25, -0.2) is 14.6 Å². The largest absolute Gasteiger partial charge is 0.497 e. The van der Waals surface area contributed by atoms with E-state index in [-0.39, 0.29) is 11.6 Å². The number of halogens is 1. The van der Waals surface area contributed by atoms with E-state index in [0.29, 0.717) is 23.6 Å². The summed E-state index contributed by atoms with van der Waals surface area (Å²) in [5.41, 5.74) is 2.85. The Bertz CT molecular complexity index is 1440. The highest BCUT2D eigenvalue weighted by Gasteiger charge is 2.41. The molecule has 0 bridgehead atoms. The number of aromatic nitrogens is 1. The predicted octanol–water partition coefficient (Wildman–Crippen LogP) is 7.72. The lowest BCUT2D eigenvalue weighted by Gasteiger charge is -2.41. The number of carbonyl (C=O) groups is 2. The van der Waals surface area contributed by atoms with Crippen LogP contribution in [0, 0.1) is 11.8 Å². The third-order valence-electron chi connectivity index (χ3n) is 7.62.